The number of benzene rings is 2. The quantitative estimate of drug-likeness (QED) is 0.143. The van der Waals surface area contributed by atoms with Gasteiger partial charge < -0.3 is 29.0 Å². The summed E-state index contributed by atoms with van der Waals surface area (Å²) >= 11 is 0. The van der Waals surface area contributed by atoms with Crippen molar-refractivity contribution in [3.8, 4) is 0 Å². The Balaban J connectivity index is 0.966. The summed E-state index contributed by atoms with van der Waals surface area (Å²) in [5.74, 6) is -2.69. The highest BCUT2D eigenvalue weighted by atomic mass is 16.6. The molecule has 1 atom stereocenters. The summed E-state index contributed by atoms with van der Waals surface area (Å²) in [6.45, 7) is 5.04. The number of carbonyl (C=O) groups excluding carboxylic acids is 5. The zero-order valence-corrected chi connectivity index (χ0v) is 26.5. The van der Waals surface area contributed by atoms with Gasteiger partial charge in [0.25, 0.3) is 11.8 Å². The molecule has 0 aliphatic carbocycles. The van der Waals surface area contributed by atoms with Crippen LogP contribution in [0.4, 0.5) is 5.69 Å². The number of nitrogens with one attached hydrogen (secondary N) is 2. The zero-order valence-electron chi connectivity index (χ0n) is 26.5. The molecule has 0 spiro atoms. The van der Waals surface area contributed by atoms with Gasteiger partial charge in [0.2, 0.25) is 17.7 Å². The summed E-state index contributed by atoms with van der Waals surface area (Å²) in [6.07, 6.45) is 2.51. The van der Waals surface area contributed by atoms with Gasteiger partial charge in [0.15, 0.2) is 0 Å². The molecule has 0 radical (unpaired) electrons. The van der Waals surface area contributed by atoms with Crippen LogP contribution in [0.3, 0.4) is 0 Å². The van der Waals surface area contributed by atoms with Crippen LogP contribution in [-0.4, -0.2) is 99.9 Å². The minimum atomic E-state index is -1.07. The minimum Gasteiger partial charge on any atom is -0.379 e. The maximum absolute atomic E-state index is 13.2. The summed E-state index contributed by atoms with van der Waals surface area (Å²) in [5.41, 5.74) is 1.54. The van der Waals surface area contributed by atoms with Crippen molar-refractivity contribution in [1.82, 2.24) is 10.2 Å². The van der Waals surface area contributed by atoms with Crippen molar-refractivity contribution in [2.24, 2.45) is 0 Å². The molecule has 1 fully saturated rings. The number of hydrogen-bond acceptors (Lipinski definition) is 10. The number of unbranched alkanes of at least 4 members (excludes halogenated alkanes) is 2. The van der Waals surface area contributed by atoms with Gasteiger partial charge in [-0.2, -0.15) is 0 Å². The Morgan fingerprint density at radius 1 is 0.723 bits per heavy atom. The second kappa shape index (κ2) is 19.6. The smallest absolute Gasteiger partial charge is 0.264 e. The lowest BCUT2D eigenvalue weighted by Crippen LogP contribution is -2.54. The van der Waals surface area contributed by atoms with Crippen LogP contribution in [-0.2, 0) is 44.7 Å². The Bertz CT molecular complexity index is 1350. The van der Waals surface area contributed by atoms with Gasteiger partial charge in [-0.25, -0.2) is 0 Å². The van der Waals surface area contributed by atoms with Gasteiger partial charge in [-0.05, 0) is 37.0 Å². The van der Waals surface area contributed by atoms with E-state index in [-0.39, 0.29) is 42.0 Å². The first-order valence-electron chi connectivity index (χ1n) is 16.0. The highest BCUT2D eigenvalue weighted by Gasteiger charge is 2.45. The van der Waals surface area contributed by atoms with Crippen LogP contribution in [0.1, 0.15) is 64.8 Å². The molecule has 0 saturated carbocycles. The predicted molar refractivity (Wildman–Crippen MR) is 170 cm³/mol. The van der Waals surface area contributed by atoms with Crippen molar-refractivity contribution >= 4 is 35.2 Å². The molecule has 1 saturated heterocycles. The van der Waals surface area contributed by atoms with E-state index in [1.165, 1.54) is 6.07 Å². The standard InChI is InChI=1S/C34H43N3O10/c38-29(35-27-11-7-10-26-31(27)34(42)37(33(26)41)28-13-14-30(39)36-32(28)40)12-5-2-6-15-43-16-17-44-18-19-45-20-21-46-22-23-47-24-25-8-3-1-4-9-25/h1,3-4,7-11,28H,2,5-6,12-24H2,(H,35,38)(H,36,39,40). The second-order valence-corrected chi connectivity index (χ2v) is 11.0. The topological polar surface area (TPSA) is 159 Å². The number of carbonyl (C=O) groups is 5. The summed E-state index contributed by atoms with van der Waals surface area (Å²) in [7, 11) is 0. The molecule has 2 aliphatic rings. The fourth-order valence-corrected chi connectivity index (χ4v) is 5.14. The average Bonchev–Trinajstić information content (AvgIpc) is 3.32. The first kappa shape index (κ1) is 35.8. The summed E-state index contributed by atoms with van der Waals surface area (Å²) in [5, 5.41) is 4.90. The molecule has 2 aromatic rings. The zero-order chi connectivity index (χ0) is 33.3. The van der Waals surface area contributed by atoms with E-state index >= 15 is 0 Å². The fourth-order valence-electron chi connectivity index (χ4n) is 5.14. The normalized spacial score (nSPS) is 16.0. The largest absolute Gasteiger partial charge is 0.379 e. The lowest BCUT2D eigenvalue weighted by Gasteiger charge is -2.27. The van der Waals surface area contributed by atoms with Gasteiger partial charge in [0, 0.05) is 19.4 Å². The van der Waals surface area contributed by atoms with Crippen molar-refractivity contribution in [2.45, 2.75) is 51.2 Å². The number of anilines is 1. The van der Waals surface area contributed by atoms with Gasteiger partial charge in [0.05, 0.1) is 76.3 Å². The van der Waals surface area contributed by atoms with E-state index in [2.05, 4.69) is 10.6 Å². The van der Waals surface area contributed by atoms with Gasteiger partial charge in [-0.15, -0.1) is 0 Å². The summed E-state index contributed by atoms with van der Waals surface area (Å²) < 4.78 is 27.6. The summed E-state index contributed by atoms with van der Waals surface area (Å²) in [4.78, 5) is 63.4. The summed E-state index contributed by atoms with van der Waals surface area (Å²) in [6, 6.07) is 13.5. The highest BCUT2D eigenvalue weighted by molar-refractivity contribution is 6.26. The molecule has 2 N–H and O–H groups in total. The molecular weight excluding hydrogens is 610 g/mol. The molecule has 2 aromatic carbocycles. The number of hydrogen-bond donors (Lipinski definition) is 2. The lowest BCUT2D eigenvalue weighted by molar-refractivity contribution is -0.136. The van der Waals surface area contributed by atoms with Crippen LogP contribution >= 0.6 is 0 Å². The Morgan fingerprint density at radius 2 is 1.36 bits per heavy atom. The highest BCUT2D eigenvalue weighted by Crippen LogP contribution is 2.32. The Morgan fingerprint density at radius 3 is 2.02 bits per heavy atom. The van der Waals surface area contributed by atoms with Crippen molar-refractivity contribution in [1.29, 1.82) is 0 Å². The van der Waals surface area contributed by atoms with E-state index in [4.69, 9.17) is 23.7 Å². The van der Waals surface area contributed by atoms with Crippen LogP contribution in [0.5, 0.6) is 0 Å². The molecular formula is C34H43N3O10. The maximum Gasteiger partial charge on any atom is 0.264 e. The van der Waals surface area contributed by atoms with E-state index in [9.17, 15) is 24.0 Å². The number of imide groups is 2. The van der Waals surface area contributed by atoms with Gasteiger partial charge in [0.1, 0.15) is 6.04 Å². The second-order valence-electron chi connectivity index (χ2n) is 11.0. The monoisotopic (exact) mass is 653 g/mol. The molecule has 13 nitrogen and oxygen atoms in total. The number of nitrogens with zero attached hydrogens (tertiary/aromatic N) is 1. The predicted octanol–water partition coefficient (Wildman–Crippen LogP) is 2.87. The number of ether oxygens (including phenoxy) is 5. The van der Waals surface area contributed by atoms with Gasteiger partial charge in [-0.1, -0.05) is 42.8 Å². The third kappa shape index (κ3) is 11.3. The third-order valence-corrected chi connectivity index (χ3v) is 7.53. The third-order valence-electron chi connectivity index (χ3n) is 7.53. The molecule has 5 amide bonds. The molecule has 2 aliphatic heterocycles. The van der Waals surface area contributed by atoms with E-state index in [1.54, 1.807) is 12.1 Å². The van der Waals surface area contributed by atoms with Gasteiger partial charge in [-0.3, -0.25) is 34.2 Å². The van der Waals surface area contributed by atoms with E-state index < -0.39 is 29.7 Å². The molecule has 4 rings (SSSR count). The van der Waals surface area contributed by atoms with Crippen LogP contribution < -0.4 is 10.6 Å². The van der Waals surface area contributed by atoms with E-state index in [1.807, 2.05) is 30.3 Å². The molecule has 47 heavy (non-hydrogen) atoms. The van der Waals surface area contributed by atoms with E-state index in [0.29, 0.717) is 72.5 Å². The number of rotatable bonds is 22. The first-order chi connectivity index (χ1) is 23.0. The molecule has 0 bridgehead atoms. The number of fused-ring (bicyclic) bond motifs is 1. The van der Waals surface area contributed by atoms with Crippen molar-refractivity contribution in [3.63, 3.8) is 0 Å². The number of amides is 5. The van der Waals surface area contributed by atoms with Crippen LogP contribution in [0.2, 0.25) is 0 Å². The molecule has 13 heteroatoms. The van der Waals surface area contributed by atoms with Crippen LogP contribution in [0.25, 0.3) is 0 Å². The SMILES string of the molecule is O=C1CCC(N2C(=O)c3cccc(NC(=O)CCCCCOCCOCCOCCOCCOCc4ccccc4)c3C2=O)C(=O)N1. The van der Waals surface area contributed by atoms with Crippen molar-refractivity contribution < 1.29 is 47.7 Å². The Hall–Kier alpha value is -4.01. The first-order valence-corrected chi connectivity index (χ1v) is 16.0. The molecule has 1 unspecified atom stereocenters. The minimum absolute atomic E-state index is 0.0343. The van der Waals surface area contributed by atoms with E-state index in [0.717, 1.165) is 23.3 Å². The van der Waals surface area contributed by atoms with Crippen molar-refractivity contribution in [3.05, 3.63) is 65.2 Å². The molecule has 2 heterocycles. The number of piperidine rings is 1. The molecule has 254 valence electrons. The Labute approximate surface area is 274 Å². The van der Waals surface area contributed by atoms with Crippen LogP contribution in [0.15, 0.2) is 48.5 Å². The lowest BCUT2D eigenvalue weighted by atomic mass is 10.0. The molecule has 0 aromatic heterocycles. The van der Waals surface area contributed by atoms with Gasteiger partial charge >= 0.3 is 0 Å². The van der Waals surface area contributed by atoms with Crippen LogP contribution in [0, 0.1) is 0 Å². The Kier molecular flexibility index (Phi) is 14.9. The fraction of sp³-hybridized carbons (Fsp3) is 0.500. The average molecular weight is 654 g/mol. The maximum atomic E-state index is 13.2. The van der Waals surface area contributed by atoms with Crippen molar-refractivity contribution in [2.75, 3.05) is 64.8 Å².